The summed E-state index contributed by atoms with van der Waals surface area (Å²) < 4.78 is 0.862. The normalized spacial score (nSPS) is 11.2. The van der Waals surface area contributed by atoms with Crippen molar-refractivity contribution in [1.29, 1.82) is 0 Å². The summed E-state index contributed by atoms with van der Waals surface area (Å²) in [6.45, 7) is 3.91. The van der Waals surface area contributed by atoms with Gasteiger partial charge in [0.15, 0.2) is 0 Å². The van der Waals surface area contributed by atoms with E-state index >= 15 is 0 Å². The molecule has 1 aromatic carbocycles. The third-order valence-corrected chi connectivity index (χ3v) is 5.72. The summed E-state index contributed by atoms with van der Waals surface area (Å²) in [6.07, 6.45) is 0. The lowest BCUT2D eigenvalue weighted by molar-refractivity contribution is 1.02. The van der Waals surface area contributed by atoms with Crippen molar-refractivity contribution in [2.24, 2.45) is 0 Å². The number of nitrogens with one attached hydrogen (secondary N) is 1. The first kappa shape index (κ1) is 13.8. The lowest BCUT2D eigenvalue weighted by Gasteiger charge is -2.08. The molecule has 0 fully saturated rings. The summed E-state index contributed by atoms with van der Waals surface area (Å²) >= 11 is 11.0. The van der Waals surface area contributed by atoms with Crippen LogP contribution in [0.2, 0.25) is 5.02 Å². The Labute approximate surface area is 132 Å². The summed E-state index contributed by atoms with van der Waals surface area (Å²) in [5, 5.41) is 9.04. The van der Waals surface area contributed by atoms with E-state index in [-0.39, 0.29) is 5.56 Å². The van der Waals surface area contributed by atoms with E-state index < -0.39 is 0 Å². The highest BCUT2D eigenvalue weighted by Gasteiger charge is 2.15. The van der Waals surface area contributed by atoms with Crippen LogP contribution in [0.25, 0.3) is 21.3 Å². The molecule has 0 saturated carbocycles. The van der Waals surface area contributed by atoms with Crippen molar-refractivity contribution in [2.45, 2.75) is 13.8 Å². The molecule has 0 aliphatic rings. The van der Waals surface area contributed by atoms with Gasteiger partial charge in [0.05, 0.1) is 19.1 Å². The van der Waals surface area contributed by atoms with E-state index in [2.05, 4.69) is 26.1 Å². The zero-order valence-electron chi connectivity index (χ0n) is 10.8. The minimum Gasteiger partial charge on any atom is -0.267 e. The van der Waals surface area contributed by atoms with Gasteiger partial charge < -0.3 is 0 Å². The van der Waals surface area contributed by atoms with Crippen LogP contribution < -0.4 is 5.56 Å². The lowest BCUT2D eigenvalue weighted by Crippen LogP contribution is -2.11. The molecule has 1 N–H and O–H groups in total. The van der Waals surface area contributed by atoms with Crippen LogP contribution in [0.1, 0.15) is 11.1 Å². The van der Waals surface area contributed by atoms with Crippen LogP contribution in [0.5, 0.6) is 0 Å². The first-order valence-corrected chi connectivity index (χ1v) is 7.91. The highest BCUT2D eigenvalue weighted by molar-refractivity contribution is 9.11. The van der Waals surface area contributed by atoms with Gasteiger partial charge in [0, 0.05) is 5.39 Å². The van der Waals surface area contributed by atoms with Crippen molar-refractivity contribution in [3.05, 3.63) is 48.5 Å². The Morgan fingerprint density at radius 3 is 2.50 bits per heavy atom. The van der Waals surface area contributed by atoms with Crippen LogP contribution in [0.4, 0.5) is 0 Å². The zero-order valence-corrected chi connectivity index (χ0v) is 13.9. The lowest BCUT2D eigenvalue weighted by atomic mass is 10.0. The zero-order chi connectivity index (χ0) is 14.4. The Balaban J connectivity index is 2.46. The third-order valence-electron chi connectivity index (χ3n) is 3.23. The third kappa shape index (κ3) is 2.10. The standard InChI is InChI=1S/C14H10BrClN2OS/c1-6-3-4-7(2)11-10(6)12(17-18-14(11)19)9-5-8(16)13(15)20-9/h3-5H,1-2H3,(H,18,19). The van der Waals surface area contributed by atoms with Crippen molar-refractivity contribution >= 4 is 49.6 Å². The number of aromatic amines is 1. The molecule has 3 rings (SSSR count). The van der Waals surface area contributed by atoms with Gasteiger partial charge in [0.1, 0.15) is 5.69 Å². The molecule has 0 atom stereocenters. The number of hydrogen-bond acceptors (Lipinski definition) is 3. The molecule has 2 heterocycles. The fraction of sp³-hybridized carbons (Fsp3) is 0.143. The molecular formula is C14H10BrClN2OS. The molecule has 102 valence electrons. The van der Waals surface area contributed by atoms with E-state index in [0.717, 1.165) is 30.9 Å². The average Bonchev–Trinajstić information content (AvgIpc) is 2.74. The second-order valence-electron chi connectivity index (χ2n) is 4.58. The average molecular weight is 370 g/mol. The van der Waals surface area contributed by atoms with E-state index in [9.17, 15) is 4.79 Å². The molecule has 6 heteroatoms. The Kier molecular flexibility index (Phi) is 3.44. The Morgan fingerprint density at radius 1 is 1.25 bits per heavy atom. The topological polar surface area (TPSA) is 45.8 Å². The second-order valence-corrected chi connectivity index (χ2v) is 7.36. The SMILES string of the molecule is Cc1ccc(C)c2c(=O)[nH]nc(-c3cc(Cl)c(Br)s3)c12. The maximum Gasteiger partial charge on any atom is 0.272 e. The molecule has 0 spiro atoms. The minimum atomic E-state index is -0.160. The molecule has 3 aromatic rings. The number of aryl methyl sites for hydroxylation is 2. The van der Waals surface area contributed by atoms with Gasteiger partial charge in [-0.15, -0.1) is 11.3 Å². The molecule has 0 aliphatic carbocycles. The van der Waals surface area contributed by atoms with Gasteiger partial charge in [-0.05, 0) is 47.0 Å². The number of nitrogens with zero attached hydrogens (tertiary/aromatic N) is 1. The van der Waals surface area contributed by atoms with Gasteiger partial charge in [0.2, 0.25) is 0 Å². The second kappa shape index (κ2) is 4.98. The number of halogens is 2. The number of aromatic nitrogens is 2. The first-order valence-electron chi connectivity index (χ1n) is 5.93. The quantitative estimate of drug-likeness (QED) is 0.676. The van der Waals surface area contributed by atoms with E-state index in [0.29, 0.717) is 10.4 Å². The number of thiophene rings is 1. The first-order chi connectivity index (χ1) is 9.49. The summed E-state index contributed by atoms with van der Waals surface area (Å²) in [5.74, 6) is 0. The number of rotatable bonds is 1. The van der Waals surface area contributed by atoms with Gasteiger partial charge in [-0.1, -0.05) is 23.7 Å². The van der Waals surface area contributed by atoms with Crippen LogP contribution >= 0.6 is 38.9 Å². The van der Waals surface area contributed by atoms with Crippen molar-refractivity contribution in [1.82, 2.24) is 10.2 Å². The van der Waals surface area contributed by atoms with Crippen LogP contribution in [0.3, 0.4) is 0 Å². The van der Waals surface area contributed by atoms with Crippen molar-refractivity contribution < 1.29 is 0 Å². The maximum absolute atomic E-state index is 12.1. The summed E-state index contributed by atoms with van der Waals surface area (Å²) in [6, 6.07) is 5.82. The summed E-state index contributed by atoms with van der Waals surface area (Å²) in [5.41, 5.74) is 2.57. The highest BCUT2D eigenvalue weighted by atomic mass is 79.9. The predicted octanol–water partition coefficient (Wildman–Crippen LogP) is 4.68. The number of fused-ring (bicyclic) bond motifs is 1. The molecule has 0 unspecified atom stereocenters. The number of hydrogen-bond donors (Lipinski definition) is 1. The minimum absolute atomic E-state index is 0.160. The molecule has 20 heavy (non-hydrogen) atoms. The van der Waals surface area contributed by atoms with Crippen molar-refractivity contribution in [3.8, 4) is 10.6 Å². The van der Waals surface area contributed by atoms with Crippen LogP contribution in [0, 0.1) is 13.8 Å². The maximum atomic E-state index is 12.1. The van der Waals surface area contributed by atoms with Crippen molar-refractivity contribution in [2.75, 3.05) is 0 Å². The fourth-order valence-corrected chi connectivity index (χ4v) is 3.97. The highest BCUT2D eigenvalue weighted by Crippen LogP contribution is 2.39. The monoisotopic (exact) mass is 368 g/mol. The molecule has 2 aromatic heterocycles. The van der Waals surface area contributed by atoms with E-state index in [4.69, 9.17) is 11.6 Å². The van der Waals surface area contributed by atoms with Gasteiger partial charge in [0.25, 0.3) is 5.56 Å². The largest absolute Gasteiger partial charge is 0.272 e. The fourth-order valence-electron chi connectivity index (χ4n) is 2.27. The van der Waals surface area contributed by atoms with Crippen LogP contribution in [-0.4, -0.2) is 10.2 Å². The van der Waals surface area contributed by atoms with Gasteiger partial charge in [-0.25, -0.2) is 5.10 Å². The van der Waals surface area contributed by atoms with E-state index in [1.54, 1.807) is 0 Å². The Morgan fingerprint density at radius 2 is 1.90 bits per heavy atom. The van der Waals surface area contributed by atoms with Gasteiger partial charge in [-0.2, -0.15) is 5.10 Å². The van der Waals surface area contributed by atoms with Crippen molar-refractivity contribution in [3.63, 3.8) is 0 Å². The van der Waals surface area contributed by atoms with E-state index in [1.165, 1.54) is 11.3 Å². The predicted molar refractivity (Wildman–Crippen MR) is 87.9 cm³/mol. The molecular weight excluding hydrogens is 360 g/mol. The smallest absolute Gasteiger partial charge is 0.267 e. The molecule has 0 saturated heterocycles. The van der Waals surface area contributed by atoms with Crippen LogP contribution in [-0.2, 0) is 0 Å². The van der Waals surface area contributed by atoms with E-state index in [1.807, 2.05) is 32.0 Å². The molecule has 0 radical (unpaired) electrons. The number of H-pyrrole nitrogens is 1. The molecule has 0 bridgehead atoms. The van der Waals surface area contributed by atoms with Gasteiger partial charge >= 0.3 is 0 Å². The summed E-state index contributed by atoms with van der Waals surface area (Å²) in [4.78, 5) is 13.0. The van der Waals surface area contributed by atoms with Gasteiger partial charge in [-0.3, -0.25) is 4.79 Å². The molecule has 0 aliphatic heterocycles. The summed E-state index contributed by atoms with van der Waals surface area (Å²) in [7, 11) is 0. The Bertz CT molecular complexity index is 865. The number of benzene rings is 1. The Hall–Kier alpha value is -1.17. The molecule has 0 amide bonds. The molecule has 3 nitrogen and oxygen atoms in total. The van der Waals surface area contributed by atoms with Crippen LogP contribution in [0.15, 0.2) is 26.8 Å².